The van der Waals surface area contributed by atoms with Gasteiger partial charge in [0.05, 0.1) is 11.7 Å². The molecule has 1 N–H and O–H groups in total. The highest BCUT2D eigenvalue weighted by Crippen LogP contribution is 2.25. The van der Waals surface area contributed by atoms with Crippen LogP contribution in [0.1, 0.15) is 43.4 Å². The van der Waals surface area contributed by atoms with Gasteiger partial charge in [-0.2, -0.15) is 15.0 Å². The van der Waals surface area contributed by atoms with Gasteiger partial charge in [-0.25, -0.2) is 4.98 Å². The van der Waals surface area contributed by atoms with Gasteiger partial charge in [0, 0.05) is 11.3 Å². The van der Waals surface area contributed by atoms with E-state index in [0.29, 0.717) is 17.2 Å². The third-order valence-electron chi connectivity index (χ3n) is 4.94. The predicted molar refractivity (Wildman–Crippen MR) is 106 cm³/mol. The normalized spacial score (nSPS) is 11.0. The minimum Gasteiger partial charge on any atom is -0.309 e. The summed E-state index contributed by atoms with van der Waals surface area (Å²) in [7, 11) is 0. The van der Waals surface area contributed by atoms with Gasteiger partial charge in [-0.1, -0.05) is 32.0 Å². The quantitative estimate of drug-likeness (QED) is 0.735. The lowest BCUT2D eigenvalue weighted by Crippen LogP contribution is -2.24. The van der Waals surface area contributed by atoms with Crippen molar-refractivity contribution in [3.63, 3.8) is 0 Å². The molecule has 3 aromatic rings. The standard InChI is InChI=1S/C21H23N5O/c1-5-15(6-2)21(27)25-20-16(11-22)12-23-26(20)18-10-14(4)17-9-7-8-13(3)19(17)24-18/h7-10,12,15H,5-6H2,1-4H3,(H,25,27). The maximum Gasteiger partial charge on any atom is 0.228 e. The van der Waals surface area contributed by atoms with E-state index >= 15 is 0 Å². The second-order valence-corrected chi connectivity index (χ2v) is 6.70. The number of para-hydroxylation sites is 1. The van der Waals surface area contributed by atoms with Crippen molar-refractivity contribution < 1.29 is 4.79 Å². The van der Waals surface area contributed by atoms with Crippen LogP contribution in [0.5, 0.6) is 0 Å². The Balaban J connectivity index is 2.12. The van der Waals surface area contributed by atoms with Gasteiger partial charge in [0.2, 0.25) is 5.91 Å². The van der Waals surface area contributed by atoms with E-state index in [4.69, 9.17) is 4.98 Å². The first kappa shape index (κ1) is 18.6. The molecule has 0 saturated carbocycles. The molecule has 0 saturated heterocycles. The van der Waals surface area contributed by atoms with E-state index in [1.54, 1.807) is 0 Å². The van der Waals surface area contributed by atoms with Crippen LogP contribution in [0.2, 0.25) is 0 Å². The van der Waals surface area contributed by atoms with Crippen molar-refractivity contribution >= 4 is 22.6 Å². The van der Waals surface area contributed by atoms with E-state index in [1.807, 2.05) is 52.0 Å². The first-order valence-electron chi connectivity index (χ1n) is 9.16. The first-order valence-corrected chi connectivity index (χ1v) is 9.16. The lowest BCUT2D eigenvalue weighted by molar-refractivity contribution is -0.120. The highest BCUT2D eigenvalue weighted by Gasteiger charge is 2.20. The van der Waals surface area contributed by atoms with Gasteiger partial charge in [0.15, 0.2) is 11.6 Å². The average molecular weight is 361 g/mol. The average Bonchev–Trinajstić information content (AvgIpc) is 3.06. The number of rotatable bonds is 5. The van der Waals surface area contributed by atoms with Crippen molar-refractivity contribution in [2.45, 2.75) is 40.5 Å². The number of nitrogens with one attached hydrogen (secondary N) is 1. The second-order valence-electron chi connectivity index (χ2n) is 6.70. The van der Waals surface area contributed by atoms with E-state index in [2.05, 4.69) is 16.5 Å². The molecule has 0 atom stereocenters. The molecule has 27 heavy (non-hydrogen) atoms. The zero-order valence-corrected chi connectivity index (χ0v) is 16.1. The minimum atomic E-state index is -0.105. The number of fused-ring (bicyclic) bond motifs is 1. The topological polar surface area (TPSA) is 83.6 Å². The summed E-state index contributed by atoms with van der Waals surface area (Å²) in [6.45, 7) is 7.99. The number of aryl methyl sites for hydroxylation is 2. The molecule has 1 aromatic carbocycles. The van der Waals surface area contributed by atoms with Crippen molar-refractivity contribution in [2.75, 3.05) is 5.32 Å². The summed E-state index contributed by atoms with van der Waals surface area (Å²) in [6.07, 6.45) is 2.94. The summed E-state index contributed by atoms with van der Waals surface area (Å²) < 4.78 is 1.54. The van der Waals surface area contributed by atoms with Crippen LogP contribution in [-0.2, 0) is 4.79 Å². The monoisotopic (exact) mass is 361 g/mol. The molecule has 0 fully saturated rings. The van der Waals surface area contributed by atoms with Crippen molar-refractivity contribution in [1.82, 2.24) is 14.8 Å². The maximum atomic E-state index is 12.6. The summed E-state index contributed by atoms with van der Waals surface area (Å²) in [4.78, 5) is 17.3. The van der Waals surface area contributed by atoms with E-state index in [-0.39, 0.29) is 11.8 Å². The second kappa shape index (κ2) is 7.58. The highest BCUT2D eigenvalue weighted by atomic mass is 16.2. The smallest absolute Gasteiger partial charge is 0.228 e. The Morgan fingerprint density at radius 2 is 2.00 bits per heavy atom. The summed E-state index contributed by atoms with van der Waals surface area (Å²) in [5.74, 6) is 0.741. The summed E-state index contributed by atoms with van der Waals surface area (Å²) in [5.41, 5.74) is 3.33. The molecule has 0 aliphatic carbocycles. The van der Waals surface area contributed by atoms with Gasteiger partial charge in [-0.3, -0.25) is 4.79 Å². The number of carbonyl (C=O) groups excluding carboxylic acids is 1. The molecule has 3 rings (SSSR count). The largest absolute Gasteiger partial charge is 0.309 e. The van der Waals surface area contributed by atoms with Crippen molar-refractivity contribution in [1.29, 1.82) is 5.26 Å². The number of pyridine rings is 1. The van der Waals surface area contributed by atoms with Gasteiger partial charge >= 0.3 is 0 Å². The third kappa shape index (κ3) is 3.41. The predicted octanol–water partition coefficient (Wildman–Crippen LogP) is 4.28. The SMILES string of the molecule is CCC(CC)C(=O)Nc1c(C#N)cnn1-c1cc(C)c2cccc(C)c2n1. The van der Waals surface area contributed by atoms with E-state index < -0.39 is 0 Å². The fourth-order valence-electron chi connectivity index (χ4n) is 3.25. The number of hydrogen-bond donors (Lipinski definition) is 1. The Morgan fingerprint density at radius 1 is 1.26 bits per heavy atom. The number of nitriles is 1. The van der Waals surface area contributed by atoms with Crippen molar-refractivity contribution in [3.8, 4) is 11.9 Å². The zero-order valence-electron chi connectivity index (χ0n) is 16.1. The lowest BCUT2D eigenvalue weighted by Gasteiger charge is -2.15. The Hall–Kier alpha value is -3.20. The molecule has 0 radical (unpaired) electrons. The van der Waals surface area contributed by atoms with Crippen LogP contribution in [0.15, 0.2) is 30.5 Å². The Kier molecular flexibility index (Phi) is 5.22. The fraction of sp³-hybridized carbons (Fsp3) is 0.333. The number of carbonyl (C=O) groups is 1. The van der Waals surface area contributed by atoms with Gasteiger partial charge in [-0.05, 0) is 43.9 Å². The van der Waals surface area contributed by atoms with Crippen LogP contribution in [0.3, 0.4) is 0 Å². The van der Waals surface area contributed by atoms with Gasteiger partial charge in [0.25, 0.3) is 0 Å². The molecule has 2 heterocycles. The molecular formula is C21H23N5O. The molecule has 0 aliphatic heterocycles. The van der Waals surface area contributed by atoms with Gasteiger partial charge in [-0.15, -0.1) is 0 Å². The molecule has 1 amide bonds. The molecule has 6 heteroatoms. The minimum absolute atomic E-state index is 0.103. The Morgan fingerprint density at radius 3 is 2.67 bits per heavy atom. The molecule has 6 nitrogen and oxygen atoms in total. The van der Waals surface area contributed by atoms with Crippen molar-refractivity contribution in [2.24, 2.45) is 5.92 Å². The van der Waals surface area contributed by atoms with Crippen LogP contribution < -0.4 is 5.32 Å². The summed E-state index contributed by atoms with van der Waals surface area (Å²) in [6, 6.07) is 10.1. The molecule has 2 aromatic heterocycles. The number of nitrogens with zero attached hydrogens (tertiary/aromatic N) is 4. The molecule has 0 bridgehead atoms. The van der Waals surface area contributed by atoms with Gasteiger partial charge < -0.3 is 5.32 Å². The Labute approximate surface area is 158 Å². The van der Waals surface area contributed by atoms with Crippen LogP contribution >= 0.6 is 0 Å². The molecular weight excluding hydrogens is 338 g/mol. The van der Waals surface area contributed by atoms with Crippen LogP contribution in [-0.4, -0.2) is 20.7 Å². The number of benzene rings is 1. The number of hydrogen-bond acceptors (Lipinski definition) is 4. The van der Waals surface area contributed by atoms with Crippen LogP contribution in [0.25, 0.3) is 16.7 Å². The molecule has 138 valence electrons. The molecule has 0 spiro atoms. The lowest BCUT2D eigenvalue weighted by atomic mass is 10.0. The highest BCUT2D eigenvalue weighted by molar-refractivity contribution is 5.93. The van der Waals surface area contributed by atoms with Crippen LogP contribution in [0.4, 0.5) is 5.82 Å². The van der Waals surface area contributed by atoms with Crippen molar-refractivity contribution in [3.05, 3.63) is 47.2 Å². The van der Waals surface area contributed by atoms with E-state index in [1.165, 1.54) is 10.9 Å². The Bertz CT molecular complexity index is 1040. The zero-order chi connectivity index (χ0) is 19.6. The molecule has 0 unspecified atom stereocenters. The summed E-state index contributed by atoms with van der Waals surface area (Å²) >= 11 is 0. The molecule has 0 aliphatic rings. The van der Waals surface area contributed by atoms with Gasteiger partial charge in [0.1, 0.15) is 11.6 Å². The summed E-state index contributed by atoms with van der Waals surface area (Å²) in [5, 5.41) is 17.7. The third-order valence-corrected chi connectivity index (χ3v) is 4.94. The number of aromatic nitrogens is 3. The maximum absolute atomic E-state index is 12.6. The van der Waals surface area contributed by atoms with Crippen LogP contribution in [0, 0.1) is 31.1 Å². The van der Waals surface area contributed by atoms with E-state index in [0.717, 1.165) is 34.9 Å². The number of anilines is 1. The fourth-order valence-corrected chi connectivity index (χ4v) is 3.25. The van der Waals surface area contributed by atoms with E-state index in [9.17, 15) is 10.1 Å². The number of amides is 1. The first-order chi connectivity index (χ1) is 13.0.